The Bertz CT molecular complexity index is 179. The molecule has 2 aliphatic rings. The molecule has 2 saturated heterocycles. The summed E-state index contributed by atoms with van der Waals surface area (Å²) >= 11 is 0. The van der Waals surface area contributed by atoms with Crippen LogP contribution in [-0.2, 0) is 0 Å². The van der Waals surface area contributed by atoms with Crippen LogP contribution in [0.2, 0.25) is 0 Å². The summed E-state index contributed by atoms with van der Waals surface area (Å²) in [5, 5.41) is 6.90. The second kappa shape index (κ2) is 5.80. The van der Waals surface area contributed by atoms with Gasteiger partial charge in [0.1, 0.15) is 0 Å². The van der Waals surface area contributed by atoms with Crippen LogP contribution in [0.4, 0.5) is 0 Å². The fourth-order valence-corrected chi connectivity index (χ4v) is 2.71. The number of hydrogen-bond acceptors (Lipinski definition) is 4. The molecule has 2 atom stereocenters. The van der Waals surface area contributed by atoms with E-state index in [9.17, 15) is 0 Å². The number of hydrogen-bond donors (Lipinski definition) is 3. The molecule has 2 unspecified atom stereocenters. The topological polar surface area (TPSA) is 53.3 Å². The number of nitrogens with zero attached hydrogens (tertiary/aromatic N) is 1. The SMILES string of the molecule is NCC1CNCC(CN2CCNCC2)C1. The van der Waals surface area contributed by atoms with Gasteiger partial charge in [0.05, 0.1) is 0 Å². The first-order valence-electron chi connectivity index (χ1n) is 6.22. The summed E-state index contributed by atoms with van der Waals surface area (Å²) in [5.74, 6) is 1.51. The third-order valence-electron chi connectivity index (χ3n) is 3.59. The second-order valence-electron chi connectivity index (χ2n) is 4.91. The van der Waals surface area contributed by atoms with Crippen LogP contribution in [0.25, 0.3) is 0 Å². The number of piperazine rings is 1. The lowest BCUT2D eigenvalue weighted by molar-refractivity contribution is 0.171. The summed E-state index contributed by atoms with van der Waals surface area (Å²) in [6.07, 6.45) is 1.31. The molecule has 0 aliphatic carbocycles. The van der Waals surface area contributed by atoms with Crippen LogP contribution in [0.1, 0.15) is 6.42 Å². The molecule has 4 heteroatoms. The van der Waals surface area contributed by atoms with Gasteiger partial charge in [-0.2, -0.15) is 0 Å². The zero-order chi connectivity index (χ0) is 10.5. The van der Waals surface area contributed by atoms with Crippen LogP contribution in [-0.4, -0.2) is 57.3 Å². The average Bonchev–Trinajstić information content (AvgIpc) is 2.31. The fraction of sp³-hybridized carbons (Fsp3) is 1.00. The van der Waals surface area contributed by atoms with Crippen LogP contribution in [0.15, 0.2) is 0 Å². The lowest BCUT2D eigenvalue weighted by atomic mass is 9.90. The minimum atomic E-state index is 0.701. The Hall–Kier alpha value is -0.160. The van der Waals surface area contributed by atoms with Crippen molar-refractivity contribution in [2.45, 2.75) is 6.42 Å². The van der Waals surface area contributed by atoms with E-state index >= 15 is 0 Å². The maximum atomic E-state index is 5.74. The van der Waals surface area contributed by atoms with Crippen LogP contribution in [0.3, 0.4) is 0 Å². The predicted octanol–water partition coefficient (Wildman–Crippen LogP) is -0.924. The summed E-state index contributed by atoms with van der Waals surface area (Å²) in [7, 11) is 0. The Labute approximate surface area is 92.6 Å². The molecule has 0 amide bonds. The minimum Gasteiger partial charge on any atom is -0.330 e. The molecular weight excluding hydrogens is 188 g/mol. The molecule has 2 rings (SSSR count). The van der Waals surface area contributed by atoms with E-state index in [0.29, 0.717) is 5.92 Å². The molecule has 2 fully saturated rings. The summed E-state index contributed by atoms with van der Waals surface area (Å²) < 4.78 is 0. The third kappa shape index (κ3) is 3.41. The van der Waals surface area contributed by atoms with Crippen molar-refractivity contribution in [1.29, 1.82) is 0 Å². The van der Waals surface area contributed by atoms with Gasteiger partial charge in [-0.15, -0.1) is 0 Å². The Kier molecular flexibility index (Phi) is 4.38. The molecule has 0 aromatic heterocycles. The molecule has 0 radical (unpaired) electrons. The van der Waals surface area contributed by atoms with Gasteiger partial charge in [-0.25, -0.2) is 0 Å². The van der Waals surface area contributed by atoms with Gasteiger partial charge in [0, 0.05) is 32.7 Å². The number of nitrogens with one attached hydrogen (secondary N) is 2. The summed E-state index contributed by atoms with van der Waals surface area (Å²) in [6.45, 7) is 9.12. The molecule has 88 valence electrons. The number of piperidine rings is 1. The van der Waals surface area contributed by atoms with Gasteiger partial charge in [0.2, 0.25) is 0 Å². The molecule has 4 N–H and O–H groups in total. The molecule has 0 bridgehead atoms. The van der Waals surface area contributed by atoms with Crippen molar-refractivity contribution in [2.24, 2.45) is 17.6 Å². The van der Waals surface area contributed by atoms with Crippen molar-refractivity contribution >= 4 is 0 Å². The van der Waals surface area contributed by atoms with Crippen LogP contribution < -0.4 is 16.4 Å². The van der Waals surface area contributed by atoms with Crippen molar-refractivity contribution in [3.63, 3.8) is 0 Å². The summed E-state index contributed by atoms with van der Waals surface area (Å²) in [6, 6.07) is 0. The lowest BCUT2D eigenvalue weighted by Crippen LogP contribution is -2.49. The molecule has 0 aromatic rings. The van der Waals surface area contributed by atoms with Crippen molar-refractivity contribution in [3.8, 4) is 0 Å². The normalized spacial score (nSPS) is 34.2. The molecule has 4 nitrogen and oxygen atoms in total. The third-order valence-corrected chi connectivity index (χ3v) is 3.59. The van der Waals surface area contributed by atoms with E-state index in [2.05, 4.69) is 15.5 Å². The van der Waals surface area contributed by atoms with Crippen LogP contribution in [0.5, 0.6) is 0 Å². The van der Waals surface area contributed by atoms with Gasteiger partial charge in [-0.1, -0.05) is 0 Å². The van der Waals surface area contributed by atoms with Crippen molar-refractivity contribution < 1.29 is 0 Å². The highest BCUT2D eigenvalue weighted by molar-refractivity contribution is 4.80. The number of nitrogens with two attached hydrogens (primary N) is 1. The Morgan fingerprint density at radius 3 is 2.53 bits per heavy atom. The Balaban J connectivity index is 1.72. The molecule has 0 saturated carbocycles. The standard InChI is InChI=1S/C11H24N4/c12-6-10-5-11(8-14-7-10)9-15-3-1-13-2-4-15/h10-11,13-14H,1-9,12H2. The highest BCUT2D eigenvalue weighted by Crippen LogP contribution is 2.16. The first-order chi connectivity index (χ1) is 7.38. The second-order valence-corrected chi connectivity index (χ2v) is 4.91. The van der Waals surface area contributed by atoms with Crippen molar-refractivity contribution in [3.05, 3.63) is 0 Å². The van der Waals surface area contributed by atoms with Gasteiger partial charge in [0.25, 0.3) is 0 Å². The summed E-state index contributed by atoms with van der Waals surface area (Å²) in [5.41, 5.74) is 5.74. The summed E-state index contributed by atoms with van der Waals surface area (Å²) in [4.78, 5) is 2.59. The first kappa shape index (κ1) is 11.3. The van der Waals surface area contributed by atoms with Crippen LogP contribution >= 0.6 is 0 Å². The van der Waals surface area contributed by atoms with Gasteiger partial charge in [0.15, 0.2) is 0 Å². The monoisotopic (exact) mass is 212 g/mol. The highest BCUT2D eigenvalue weighted by atomic mass is 15.2. The molecule has 15 heavy (non-hydrogen) atoms. The Morgan fingerprint density at radius 1 is 1.07 bits per heavy atom. The average molecular weight is 212 g/mol. The van der Waals surface area contributed by atoms with Crippen molar-refractivity contribution in [2.75, 3.05) is 52.4 Å². The van der Waals surface area contributed by atoms with Gasteiger partial charge >= 0.3 is 0 Å². The van der Waals surface area contributed by atoms with Crippen LogP contribution in [0, 0.1) is 11.8 Å². The largest absolute Gasteiger partial charge is 0.330 e. The minimum absolute atomic E-state index is 0.701. The van der Waals surface area contributed by atoms with E-state index in [-0.39, 0.29) is 0 Å². The van der Waals surface area contributed by atoms with Crippen molar-refractivity contribution in [1.82, 2.24) is 15.5 Å². The molecule has 0 spiro atoms. The van der Waals surface area contributed by atoms with Gasteiger partial charge < -0.3 is 21.3 Å². The first-order valence-corrected chi connectivity index (χ1v) is 6.22. The van der Waals surface area contributed by atoms with E-state index in [4.69, 9.17) is 5.73 Å². The molecule has 0 aromatic carbocycles. The van der Waals surface area contributed by atoms with Gasteiger partial charge in [-0.3, -0.25) is 0 Å². The zero-order valence-corrected chi connectivity index (χ0v) is 9.54. The predicted molar refractivity (Wildman–Crippen MR) is 62.8 cm³/mol. The molecule has 2 aliphatic heterocycles. The smallest absolute Gasteiger partial charge is 0.0107 e. The highest BCUT2D eigenvalue weighted by Gasteiger charge is 2.23. The van der Waals surface area contributed by atoms with E-state index < -0.39 is 0 Å². The number of rotatable bonds is 3. The maximum Gasteiger partial charge on any atom is 0.0107 e. The van der Waals surface area contributed by atoms with Gasteiger partial charge in [-0.05, 0) is 37.9 Å². The van der Waals surface area contributed by atoms with E-state index in [1.165, 1.54) is 32.6 Å². The lowest BCUT2D eigenvalue weighted by Gasteiger charge is -2.35. The molecule has 2 heterocycles. The fourth-order valence-electron chi connectivity index (χ4n) is 2.71. The van der Waals surface area contributed by atoms with E-state index in [0.717, 1.165) is 32.1 Å². The Morgan fingerprint density at radius 2 is 1.80 bits per heavy atom. The zero-order valence-electron chi connectivity index (χ0n) is 9.54. The quantitative estimate of drug-likeness (QED) is 0.566. The van der Waals surface area contributed by atoms with E-state index in [1.807, 2.05) is 0 Å². The van der Waals surface area contributed by atoms with E-state index in [1.54, 1.807) is 0 Å². The molecular formula is C11H24N4. The maximum absolute atomic E-state index is 5.74.